The third kappa shape index (κ3) is 3.89. The summed E-state index contributed by atoms with van der Waals surface area (Å²) < 4.78 is 40.9. The topological polar surface area (TPSA) is 91.1 Å². The molecule has 3 N–H and O–H groups in total. The minimum Gasteiger partial charge on any atom is -0.368 e. The van der Waals surface area contributed by atoms with Crippen molar-refractivity contribution in [3.63, 3.8) is 0 Å². The van der Waals surface area contributed by atoms with Crippen molar-refractivity contribution in [1.29, 1.82) is 0 Å². The summed E-state index contributed by atoms with van der Waals surface area (Å²) in [7, 11) is 0. The molecule has 2 aliphatic rings. The minimum absolute atomic E-state index is 0.0606. The van der Waals surface area contributed by atoms with Gasteiger partial charge in [-0.05, 0) is 44.7 Å². The van der Waals surface area contributed by atoms with Gasteiger partial charge in [-0.1, -0.05) is 12.1 Å². The minimum atomic E-state index is -4.48. The lowest BCUT2D eigenvalue weighted by molar-refractivity contribution is -0.169. The van der Waals surface area contributed by atoms with Gasteiger partial charge in [-0.25, -0.2) is 4.98 Å². The fourth-order valence-electron chi connectivity index (χ4n) is 5.11. The predicted molar refractivity (Wildman–Crippen MR) is 124 cm³/mol. The van der Waals surface area contributed by atoms with Crippen LogP contribution in [0.4, 0.5) is 18.9 Å². The van der Waals surface area contributed by atoms with E-state index in [2.05, 4.69) is 9.97 Å². The van der Waals surface area contributed by atoms with Crippen LogP contribution >= 0.6 is 0 Å². The molecule has 4 heterocycles. The number of carbonyl (C=O) groups excluding carboxylic acids is 1. The maximum absolute atomic E-state index is 13.6. The number of anilines is 1. The largest absolute Gasteiger partial charge is 0.408 e. The van der Waals surface area contributed by atoms with E-state index in [-0.39, 0.29) is 18.5 Å². The monoisotopic (exact) mass is 472 g/mol. The molecule has 0 aliphatic carbocycles. The molecule has 7 nitrogen and oxygen atoms in total. The van der Waals surface area contributed by atoms with E-state index in [0.29, 0.717) is 43.0 Å². The first kappa shape index (κ1) is 22.6. The Kier molecular flexibility index (Phi) is 5.31. The first-order chi connectivity index (χ1) is 16.0. The number of likely N-dealkylation sites (tertiary alicyclic amines) is 1. The Bertz CT molecular complexity index is 1250. The molecule has 0 bridgehead atoms. The lowest BCUT2D eigenvalue weighted by Gasteiger charge is -2.30. The molecule has 1 amide bonds. The second-order valence-electron chi connectivity index (χ2n) is 9.66. The van der Waals surface area contributed by atoms with E-state index in [9.17, 15) is 18.0 Å². The quantitative estimate of drug-likeness (QED) is 0.601. The van der Waals surface area contributed by atoms with Crippen molar-refractivity contribution >= 4 is 22.6 Å². The number of nitrogens with one attached hydrogen (secondary N) is 1. The van der Waals surface area contributed by atoms with Gasteiger partial charge < -0.3 is 20.5 Å². The average Bonchev–Trinajstić information content (AvgIpc) is 3.50. The Hall–Kier alpha value is -3.14. The number of nitrogens with zero attached hydrogens (tertiary/aromatic N) is 4. The number of rotatable bonds is 3. The van der Waals surface area contributed by atoms with Crippen molar-refractivity contribution in [1.82, 2.24) is 19.9 Å². The maximum Gasteiger partial charge on any atom is 0.408 e. The number of amides is 1. The highest BCUT2D eigenvalue weighted by molar-refractivity contribution is 6.03. The lowest BCUT2D eigenvalue weighted by atomic mass is 10.0. The van der Waals surface area contributed by atoms with E-state index in [1.165, 1.54) is 6.20 Å². The van der Waals surface area contributed by atoms with Gasteiger partial charge in [0.2, 0.25) is 0 Å². The van der Waals surface area contributed by atoms with Crippen LogP contribution in [0.5, 0.6) is 0 Å². The Morgan fingerprint density at radius 3 is 2.74 bits per heavy atom. The van der Waals surface area contributed by atoms with Crippen LogP contribution in [0.15, 0.2) is 30.6 Å². The van der Waals surface area contributed by atoms with Crippen LogP contribution in [0.3, 0.4) is 0 Å². The summed E-state index contributed by atoms with van der Waals surface area (Å²) in [5.41, 5.74) is 9.75. The normalized spacial score (nSPS) is 23.3. The molecule has 2 saturated heterocycles. The molecule has 10 heteroatoms. The number of hydrogen-bond acceptors (Lipinski definition) is 5. The summed E-state index contributed by atoms with van der Waals surface area (Å²) in [6.07, 6.45) is -0.589. The number of benzene rings is 1. The van der Waals surface area contributed by atoms with E-state index in [0.717, 1.165) is 21.5 Å². The van der Waals surface area contributed by atoms with Gasteiger partial charge >= 0.3 is 6.18 Å². The zero-order chi connectivity index (χ0) is 24.3. The molecule has 2 aromatic heterocycles. The van der Waals surface area contributed by atoms with E-state index >= 15 is 0 Å². The molecule has 0 radical (unpaired) electrons. The fourth-order valence-corrected chi connectivity index (χ4v) is 5.11. The van der Waals surface area contributed by atoms with Gasteiger partial charge in [0, 0.05) is 37.6 Å². The number of carbonyl (C=O) groups is 1. The molecule has 2 atom stereocenters. The van der Waals surface area contributed by atoms with Gasteiger partial charge in [-0.15, -0.1) is 0 Å². The summed E-state index contributed by atoms with van der Waals surface area (Å²) >= 11 is 0. The first-order valence-corrected chi connectivity index (χ1v) is 11.4. The summed E-state index contributed by atoms with van der Waals surface area (Å²) in [5, 5.41) is 0. The summed E-state index contributed by atoms with van der Waals surface area (Å²) in [6, 6.07) is 4.00. The number of fused-ring (bicyclic) bond motifs is 1. The van der Waals surface area contributed by atoms with Gasteiger partial charge in [0.25, 0.3) is 5.91 Å². The fraction of sp³-hybridized carbons (Fsp3) is 0.458. The van der Waals surface area contributed by atoms with Crippen molar-refractivity contribution in [2.24, 2.45) is 5.73 Å². The number of aryl methyl sites for hydroxylation is 1. The molecule has 0 spiro atoms. The standard InChI is InChI=1S/C24H27F3N6O/c1-14-5-3-6-17-19(14)31-21(30-17)15-11-29-12-16(20(15)32-10-8-23(2,28)13-32)22(34)33-9-4-7-18(33)24(25,26)27/h3,5-6,11-12,18H,4,7-10,13,28H2,1-2H3,(H,30,31)/t18-,23-/m0/s1. The van der Waals surface area contributed by atoms with Crippen LogP contribution in [0.2, 0.25) is 0 Å². The predicted octanol–water partition coefficient (Wildman–Crippen LogP) is 4.03. The van der Waals surface area contributed by atoms with Crippen LogP contribution in [0.1, 0.15) is 42.1 Å². The van der Waals surface area contributed by atoms with Gasteiger partial charge in [0.05, 0.1) is 27.8 Å². The highest BCUT2D eigenvalue weighted by Crippen LogP contribution is 2.39. The third-order valence-corrected chi connectivity index (χ3v) is 6.83. The third-order valence-electron chi connectivity index (χ3n) is 6.83. The Morgan fingerprint density at radius 1 is 1.26 bits per heavy atom. The van der Waals surface area contributed by atoms with Crippen LogP contribution in [-0.2, 0) is 0 Å². The number of pyridine rings is 1. The Morgan fingerprint density at radius 2 is 2.06 bits per heavy atom. The number of alkyl halides is 3. The van der Waals surface area contributed by atoms with E-state index in [1.54, 1.807) is 6.20 Å². The molecule has 34 heavy (non-hydrogen) atoms. The Balaban J connectivity index is 1.65. The summed E-state index contributed by atoms with van der Waals surface area (Å²) in [5.74, 6) is -0.150. The van der Waals surface area contributed by atoms with Crippen molar-refractivity contribution in [3.05, 3.63) is 41.7 Å². The zero-order valence-electron chi connectivity index (χ0n) is 19.1. The molecular formula is C24H27F3N6O. The number of halogens is 3. The number of imidazole rings is 1. The van der Waals surface area contributed by atoms with Crippen LogP contribution in [0, 0.1) is 6.92 Å². The second-order valence-corrected chi connectivity index (χ2v) is 9.66. The second kappa shape index (κ2) is 7.97. The lowest BCUT2D eigenvalue weighted by Crippen LogP contribution is -2.45. The number of aromatic amines is 1. The summed E-state index contributed by atoms with van der Waals surface area (Å²) in [4.78, 5) is 28.8. The SMILES string of the molecule is Cc1cccc2[nH]c(-c3cncc(C(=O)N4CCC[C@H]4C(F)(F)F)c3N3CC[C@](C)(N)C3)nc12. The molecule has 0 unspecified atom stereocenters. The molecule has 1 aromatic carbocycles. The van der Waals surface area contributed by atoms with Crippen LogP contribution in [0.25, 0.3) is 22.4 Å². The Labute approximate surface area is 195 Å². The van der Waals surface area contributed by atoms with Crippen molar-refractivity contribution in [2.75, 3.05) is 24.5 Å². The van der Waals surface area contributed by atoms with Gasteiger partial charge in [0.1, 0.15) is 11.9 Å². The first-order valence-electron chi connectivity index (χ1n) is 11.4. The average molecular weight is 473 g/mol. The molecule has 3 aromatic rings. The highest BCUT2D eigenvalue weighted by atomic mass is 19.4. The number of para-hydroxylation sites is 1. The van der Waals surface area contributed by atoms with E-state index < -0.39 is 23.7 Å². The van der Waals surface area contributed by atoms with E-state index in [4.69, 9.17) is 10.7 Å². The molecule has 2 aliphatic heterocycles. The van der Waals surface area contributed by atoms with Gasteiger partial charge in [-0.2, -0.15) is 13.2 Å². The zero-order valence-corrected chi connectivity index (χ0v) is 19.1. The number of aromatic nitrogens is 3. The highest BCUT2D eigenvalue weighted by Gasteiger charge is 2.48. The maximum atomic E-state index is 13.6. The number of hydrogen-bond donors (Lipinski definition) is 2. The summed E-state index contributed by atoms with van der Waals surface area (Å²) in [6.45, 7) is 4.99. The van der Waals surface area contributed by atoms with Gasteiger partial charge in [0.15, 0.2) is 0 Å². The van der Waals surface area contributed by atoms with Crippen molar-refractivity contribution in [3.8, 4) is 11.4 Å². The van der Waals surface area contributed by atoms with Gasteiger partial charge in [-0.3, -0.25) is 9.78 Å². The molecule has 2 fully saturated rings. The van der Waals surface area contributed by atoms with Crippen molar-refractivity contribution in [2.45, 2.75) is 50.9 Å². The van der Waals surface area contributed by atoms with Crippen molar-refractivity contribution < 1.29 is 18.0 Å². The molecule has 0 saturated carbocycles. The van der Waals surface area contributed by atoms with E-state index in [1.807, 2.05) is 36.9 Å². The number of nitrogens with two attached hydrogens (primary N) is 1. The molecule has 5 rings (SSSR count). The van der Waals surface area contributed by atoms with Crippen LogP contribution < -0.4 is 10.6 Å². The number of H-pyrrole nitrogens is 1. The molecular weight excluding hydrogens is 445 g/mol. The smallest absolute Gasteiger partial charge is 0.368 e. The van der Waals surface area contributed by atoms with Crippen LogP contribution in [-0.4, -0.2) is 63.2 Å². The molecule has 180 valence electrons.